The second kappa shape index (κ2) is 4.91. The molecular formula is C9H19NO3. The Bertz CT molecular complexity index is 140. The predicted molar refractivity (Wildman–Crippen MR) is 49.2 cm³/mol. The van der Waals surface area contributed by atoms with E-state index in [1.165, 1.54) is 0 Å². The van der Waals surface area contributed by atoms with Crippen LogP contribution >= 0.6 is 0 Å². The van der Waals surface area contributed by atoms with E-state index in [4.69, 9.17) is 5.11 Å². The number of hydrogen-bond donors (Lipinski definition) is 3. The zero-order valence-corrected chi connectivity index (χ0v) is 7.95. The van der Waals surface area contributed by atoms with E-state index in [-0.39, 0.29) is 6.61 Å². The van der Waals surface area contributed by atoms with Gasteiger partial charge < -0.3 is 20.2 Å². The first-order chi connectivity index (χ1) is 6.14. The molecule has 1 aliphatic heterocycles. The van der Waals surface area contributed by atoms with Gasteiger partial charge in [0, 0.05) is 32.5 Å². The fourth-order valence-corrected chi connectivity index (χ4v) is 1.58. The summed E-state index contributed by atoms with van der Waals surface area (Å²) in [6.07, 6.45) is 2.69. The molecule has 0 saturated carbocycles. The summed E-state index contributed by atoms with van der Waals surface area (Å²) in [6.45, 7) is 2.70. The van der Waals surface area contributed by atoms with Crippen LogP contribution in [0, 0.1) is 0 Å². The van der Waals surface area contributed by atoms with Crippen LogP contribution in [-0.4, -0.2) is 52.2 Å². The maximum absolute atomic E-state index is 9.25. The molecule has 0 aliphatic carbocycles. The van der Waals surface area contributed by atoms with E-state index in [2.05, 4.69) is 4.90 Å². The lowest BCUT2D eigenvalue weighted by Gasteiger charge is -2.34. The van der Waals surface area contributed by atoms with E-state index in [1.807, 2.05) is 0 Å². The topological polar surface area (TPSA) is 63.9 Å². The van der Waals surface area contributed by atoms with Crippen molar-refractivity contribution in [1.29, 1.82) is 0 Å². The largest absolute Gasteiger partial charge is 0.396 e. The minimum atomic E-state index is -1.44. The number of aliphatic hydroxyl groups excluding tert-OH is 1. The number of rotatable bonds is 4. The van der Waals surface area contributed by atoms with Gasteiger partial charge in [0.15, 0.2) is 5.79 Å². The van der Waals surface area contributed by atoms with Crippen molar-refractivity contribution in [2.45, 2.75) is 31.5 Å². The normalized spacial score (nSPS) is 23.3. The first-order valence-electron chi connectivity index (χ1n) is 4.92. The average molecular weight is 189 g/mol. The van der Waals surface area contributed by atoms with Crippen LogP contribution in [0.4, 0.5) is 0 Å². The standard InChI is InChI=1S/C9H19NO3/c11-8-2-1-5-10-6-3-9(12,13)4-7-10/h11-13H,1-8H2. The van der Waals surface area contributed by atoms with Gasteiger partial charge in [0.1, 0.15) is 0 Å². The molecule has 0 aromatic rings. The highest BCUT2D eigenvalue weighted by Crippen LogP contribution is 2.18. The molecule has 0 amide bonds. The molecule has 4 heteroatoms. The van der Waals surface area contributed by atoms with Gasteiger partial charge in [-0.2, -0.15) is 0 Å². The van der Waals surface area contributed by atoms with Crippen molar-refractivity contribution in [2.75, 3.05) is 26.2 Å². The van der Waals surface area contributed by atoms with Gasteiger partial charge in [-0.25, -0.2) is 0 Å². The minimum absolute atomic E-state index is 0.248. The Balaban J connectivity index is 2.11. The highest BCUT2D eigenvalue weighted by atomic mass is 16.5. The molecule has 78 valence electrons. The molecule has 4 nitrogen and oxygen atoms in total. The summed E-state index contributed by atoms with van der Waals surface area (Å²) in [5.74, 6) is -1.44. The van der Waals surface area contributed by atoms with E-state index >= 15 is 0 Å². The Morgan fingerprint density at radius 2 is 1.69 bits per heavy atom. The molecule has 0 bridgehead atoms. The maximum atomic E-state index is 9.25. The molecule has 0 aromatic carbocycles. The fraction of sp³-hybridized carbons (Fsp3) is 1.00. The molecule has 0 spiro atoms. The molecule has 13 heavy (non-hydrogen) atoms. The van der Waals surface area contributed by atoms with Gasteiger partial charge in [-0.15, -0.1) is 0 Å². The molecule has 1 aliphatic rings. The van der Waals surface area contributed by atoms with E-state index < -0.39 is 5.79 Å². The lowest BCUT2D eigenvalue weighted by atomic mass is 10.0. The zero-order valence-electron chi connectivity index (χ0n) is 7.95. The summed E-state index contributed by atoms with van der Waals surface area (Å²) in [5.41, 5.74) is 0. The van der Waals surface area contributed by atoms with Gasteiger partial charge in [-0.3, -0.25) is 0 Å². The average Bonchev–Trinajstić information content (AvgIpc) is 2.08. The van der Waals surface area contributed by atoms with Crippen LogP contribution in [0.1, 0.15) is 25.7 Å². The van der Waals surface area contributed by atoms with Crippen LogP contribution in [0.25, 0.3) is 0 Å². The zero-order chi connectivity index (χ0) is 9.73. The molecule has 1 rings (SSSR count). The van der Waals surface area contributed by atoms with Gasteiger partial charge >= 0.3 is 0 Å². The molecule has 0 unspecified atom stereocenters. The van der Waals surface area contributed by atoms with Gasteiger partial charge in [-0.1, -0.05) is 0 Å². The SMILES string of the molecule is OCCCCN1CCC(O)(O)CC1. The Kier molecular flexibility index (Phi) is 4.12. The minimum Gasteiger partial charge on any atom is -0.396 e. The molecule has 3 N–H and O–H groups in total. The van der Waals surface area contributed by atoms with E-state index in [0.717, 1.165) is 32.5 Å². The second-order valence-corrected chi connectivity index (χ2v) is 3.75. The number of unbranched alkanes of at least 4 members (excludes halogenated alkanes) is 1. The third-order valence-corrected chi connectivity index (χ3v) is 2.54. The molecule has 1 saturated heterocycles. The van der Waals surface area contributed by atoms with Crippen LogP contribution in [0.5, 0.6) is 0 Å². The van der Waals surface area contributed by atoms with Crippen molar-refractivity contribution in [2.24, 2.45) is 0 Å². The van der Waals surface area contributed by atoms with Crippen LogP contribution < -0.4 is 0 Å². The smallest absolute Gasteiger partial charge is 0.164 e. The second-order valence-electron chi connectivity index (χ2n) is 3.75. The van der Waals surface area contributed by atoms with Crippen molar-refractivity contribution in [3.05, 3.63) is 0 Å². The molecule has 1 fully saturated rings. The number of aliphatic hydroxyl groups is 3. The summed E-state index contributed by atoms with van der Waals surface area (Å²) >= 11 is 0. The van der Waals surface area contributed by atoms with Gasteiger partial charge in [-0.05, 0) is 19.4 Å². The lowest BCUT2D eigenvalue weighted by molar-refractivity contribution is -0.188. The molecular weight excluding hydrogens is 170 g/mol. The van der Waals surface area contributed by atoms with Crippen LogP contribution in [0.3, 0.4) is 0 Å². The third-order valence-electron chi connectivity index (χ3n) is 2.54. The van der Waals surface area contributed by atoms with Gasteiger partial charge in [0.05, 0.1) is 0 Å². The quantitative estimate of drug-likeness (QED) is 0.413. The van der Waals surface area contributed by atoms with Crippen molar-refractivity contribution >= 4 is 0 Å². The summed E-state index contributed by atoms with van der Waals surface area (Å²) in [4.78, 5) is 2.21. The van der Waals surface area contributed by atoms with E-state index in [0.29, 0.717) is 12.8 Å². The van der Waals surface area contributed by atoms with E-state index in [1.54, 1.807) is 0 Å². The predicted octanol–water partition coefficient (Wildman–Crippen LogP) is -0.464. The number of hydrogen-bond acceptors (Lipinski definition) is 4. The molecule has 1 heterocycles. The Hall–Kier alpha value is -0.160. The Morgan fingerprint density at radius 3 is 2.23 bits per heavy atom. The molecule has 0 atom stereocenters. The first kappa shape index (κ1) is 10.9. The van der Waals surface area contributed by atoms with E-state index in [9.17, 15) is 10.2 Å². The first-order valence-corrected chi connectivity index (χ1v) is 4.92. The summed E-state index contributed by atoms with van der Waals surface area (Å²) in [5, 5.41) is 27.1. The Labute approximate surface area is 78.8 Å². The van der Waals surface area contributed by atoms with Crippen LogP contribution in [0.2, 0.25) is 0 Å². The van der Waals surface area contributed by atoms with Crippen molar-refractivity contribution < 1.29 is 15.3 Å². The monoisotopic (exact) mass is 189 g/mol. The number of piperidine rings is 1. The van der Waals surface area contributed by atoms with Crippen LogP contribution in [-0.2, 0) is 0 Å². The fourth-order valence-electron chi connectivity index (χ4n) is 1.58. The summed E-state index contributed by atoms with van der Waals surface area (Å²) < 4.78 is 0. The van der Waals surface area contributed by atoms with Crippen molar-refractivity contribution in [3.63, 3.8) is 0 Å². The highest BCUT2D eigenvalue weighted by Gasteiger charge is 2.28. The maximum Gasteiger partial charge on any atom is 0.164 e. The van der Waals surface area contributed by atoms with Crippen molar-refractivity contribution in [3.8, 4) is 0 Å². The van der Waals surface area contributed by atoms with Gasteiger partial charge in [0.2, 0.25) is 0 Å². The van der Waals surface area contributed by atoms with Crippen LogP contribution in [0.15, 0.2) is 0 Å². The molecule has 0 aromatic heterocycles. The third kappa shape index (κ3) is 4.04. The highest BCUT2D eigenvalue weighted by molar-refractivity contribution is 4.76. The van der Waals surface area contributed by atoms with Crippen molar-refractivity contribution in [1.82, 2.24) is 4.90 Å². The number of likely N-dealkylation sites (tertiary alicyclic amines) is 1. The Morgan fingerprint density at radius 1 is 1.08 bits per heavy atom. The molecule has 0 radical (unpaired) electrons. The van der Waals surface area contributed by atoms with Gasteiger partial charge in [0.25, 0.3) is 0 Å². The summed E-state index contributed by atoms with van der Waals surface area (Å²) in [7, 11) is 0. The summed E-state index contributed by atoms with van der Waals surface area (Å²) in [6, 6.07) is 0. The lowest BCUT2D eigenvalue weighted by Crippen LogP contribution is -2.44. The number of nitrogens with zero attached hydrogens (tertiary/aromatic N) is 1.